The van der Waals surface area contributed by atoms with Crippen molar-refractivity contribution in [1.82, 2.24) is 15.5 Å². The summed E-state index contributed by atoms with van der Waals surface area (Å²) < 4.78 is 40.9. The van der Waals surface area contributed by atoms with E-state index in [9.17, 15) is 77.0 Å². The average molecular weight is 1320 g/mol. The number of unbranched alkanes of at least 4 members (excludes halogenated alkanes) is 6. The number of hydrogen-bond donors (Lipinski definition) is 8. The molecule has 24 nitrogen and oxygen atoms in total. The topological polar surface area (TPSA) is 385 Å². The molecular formula is C57H77N5Ni2O19S2-2. The summed E-state index contributed by atoms with van der Waals surface area (Å²) in [6, 6.07) is 8.52. The summed E-state index contributed by atoms with van der Waals surface area (Å²) in [4.78, 5) is 98.4. The van der Waals surface area contributed by atoms with Gasteiger partial charge < -0.3 is 77.4 Å². The van der Waals surface area contributed by atoms with Gasteiger partial charge in [0.15, 0.2) is 5.97 Å². The van der Waals surface area contributed by atoms with Gasteiger partial charge in [0.2, 0.25) is 11.8 Å². The zero-order valence-corrected chi connectivity index (χ0v) is 51.5. The van der Waals surface area contributed by atoms with E-state index in [0.29, 0.717) is 93.4 Å². The van der Waals surface area contributed by atoms with Crippen LogP contribution in [-0.4, -0.2) is 142 Å². The number of benzene rings is 2. The van der Waals surface area contributed by atoms with Crippen LogP contribution in [0.1, 0.15) is 142 Å². The Morgan fingerprint density at radius 3 is 1.99 bits per heavy atom. The Bertz CT molecular complexity index is 2780. The molecule has 2 heterocycles. The van der Waals surface area contributed by atoms with Gasteiger partial charge in [-0.1, -0.05) is 51.5 Å². The van der Waals surface area contributed by atoms with Crippen LogP contribution in [0.25, 0.3) is 0 Å². The molecule has 4 atom stereocenters. The Morgan fingerprint density at radius 2 is 1.44 bits per heavy atom. The fraction of sp³-hybridized carbons (Fsp3) is 0.544. The second-order valence-corrected chi connectivity index (χ2v) is 24.0. The summed E-state index contributed by atoms with van der Waals surface area (Å²) in [5.41, 5.74) is 3.20. The van der Waals surface area contributed by atoms with Gasteiger partial charge in [0.05, 0.1) is 29.4 Å². The minimum atomic E-state index is -4.77. The van der Waals surface area contributed by atoms with Crippen LogP contribution in [0, 0.1) is 18.3 Å². The van der Waals surface area contributed by atoms with Crippen LogP contribution >= 0.6 is 12.0 Å². The number of carbonyl (C=O) groups excluding carboxylic acids is 3. The zero-order valence-electron chi connectivity index (χ0n) is 47.9. The maximum Gasteiger partial charge on any atom is 2.00 e. The molecule has 85 heavy (non-hydrogen) atoms. The molecule has 4 unspecified atom stereocenters. The molecule has 2 aliphatic rings. The SMILES string of the molecule is CC1(C)/C(=C\C=C\C2[NH+](CCCCCC(=O)NCCCCC(C(=O)O)N(CC(=O)[O-])CC(=O)O)c3ccc(S(=O)(=O)[O-])cc3C2(C)C)N(CCCCCC(=O)NCCCCC(C(=O)O)[C-](C[CH-]C(=O)O)CC(=O)O)c2ccc(SO[O-])cc21.[Ni+2].[Ni]. The summed E-state index contributed by atoms with van der Waals surface area (Å²) >= 11 is 0.707. The summed E-state index contributed by atoms with van der Waals surface area (Å²) in [6.45, 7) is 8.18. The second kappa shape index (κ2) is 35.9. The fourth-order valence-corrected chi connectivity index (χ4v) is 11.9. The third-order valence-corrected chi connectivity index (χ3v) is 16.6. The van der Waals surface area contributed by atoms with Crippen molar-refractivity contribution in [3.63, 3.8) is 0 Å². The summed E-state index contributed by atoms with van der Waals surface area (Å²) in [5, 5.41) is 74.7. The van der Waals surface area contributed by atoms with Gasteiger partial charge >= 0.3 is 28.4 Å². The number of nitrogens with one attached hydrogen (secondary N) is 3. The van der Waals surface area contributed by atoms with E-state index in [-0.39, 0.29) is 113 Å². The minimum absolute atomic E-state index is 0. The molecule has 0 aromatic heterocycles. The molecule has 2 aromatic rings. The van der Waals surface area contributed by atoms with Gasteiger partial charge in [-0.25, -0.2) is 8.42 Å². The number of anilines is 1. The van der Waals surface area contributed by atoms with Crippen LogP contribution in [0.15, 0.2) is 70.1 Å². The van der Waals surface area contributed by atoms with E-state index in [4.69, 9.17) is 10.2 Å². The fourth-order valence-electron chi connectivity index (χ4n) is 11.1. The largest absolute Gasteiger partial charge is 2.00 e. The van der Waals surface area contributed by atoms with Crippen LogP contribution in [0.5, 0.6) is 0 Å². The maximum absolute atomic E-state index is 12.8. The van der Waals surface area contributed by atoms with Crippen LogP contribution in [-0.2, 0) is 96.6 Å². The van der Waals surface area contributed by atoms with Gasteiger partial charge in [-0.05, 0) is 120 Å². The van der Waals surface area contributed by atoms with Crippen LogP contribution < -0.4 is 30.8 Å². The van der Waals surface area contributed by atoms with Crippen LogP contribution in [0.2, 0.25) is 0 Å². The number of carboxylic acid groups (broad SMARTS) is 6. The van der Waals surface area contributed by atoms with E-state index in [2.05, 4.69) is 39.8 Å². The quantitative estimate of drug-likeness (QED) is 0.00904. The number of aliphatic carboxylic acids is 6. The van der Waals surface area contributed by atoms with Crippen molar-refractivity contribution in [3.8, 4) is 0 Å². The van der Waals surface area contributed by atoms with Gasteiger partial charge in [-0.15, -0.1) is 0 Å². The molecule has 0 saturated heterocycles. The molecule has 0 fully saturated rings. The predicted molar refractivity (Wildman–Crippen MR) is 297 cm³/mol. The van der Waals surface area contributed by atoms with Crippen molar-refractivity contribution in [2.75, 3.05) is 44.2 Å². The molecule has 0 radical (unpaired) electrons. The van der Waals surface area contributed by atoms with Gasteiger partial charge in [-0.3, -0.25) is 49.8 Å². The molecule has 8 N–H and O–H groups in total. The molecule has 4 rings (SSSR count). The number of quaternary nitrogens is 1. The Morgan fingerprint density at radius 1 is 0.812 bits per heavy atom. The van der Waals surface area contributed by atoms with Crippen molar-refractivity contribution >= 4 is 81.2 Å². The number of nitrogens with zero attached hydrogens (tertiary/aromatic N) is 2. The van der Waals surface area contributed by atoms with E-state index >= 15 is 0 Å². The summed E-state index contributed by atoms with van der Waals surface area (Å²) in [6.07, 6.45) is 11.9. The predicted octanol–water partition coefficient (Wildman–Crippen LogP) is 3.01. The normalized spacial score (nSPS) is 16.9. The summed E-state index contributed by atoms with van der Waals surface area (Å²) in [5.74, 6) is -9.60. The molecule has 28 heteroatoms. The molecule has 0 aliphatic carbocycles. The second-order valence-electron chi connectivity index (χ2n) is 21.9. The third-order valence-electron chi connectivity index (χ3n) is 15.2. The number of carbonyl (C=O) groups is 8. The van der Waals surface area contributed by atoms with E-state index in [0.717, 1.165) is 38.9 Å². The van der Waals surface area contributed by atoms with Crippen molar-refractivity contribution in [1.29, 1.82) is 0 Å². The van der Waals surface area contributed by atoms with Gasteiger partial charge in [-0.2, -0.15) is 0 Å². The summed E-state index contributed by atoms with van der Waals surface area (Å²) in [7, 11) is -4.77. The van der Waals surface area contributed by atoms with E-state index in [1.54, 1.807) is 12.1 Å². The van der Waals surface area contributed by atoms with Crippen molar-refractivity contribution in [3.05, 3.63) is 83.8 Å². The van der Waals surface area contributed by atoms with Gasteiger partial charge in [0, 0.05) is 101 Å². The van der Waals surface area contributed by atoms with Crippen molar-refractivity contribution < 1.29 is 129 Å². The van der Waals surface area contributed by atoms with Crippen molar-refractivity contribution in [2.45, 2.75) is 163 Å². The Hall–Kier alpha value is -5.56. The molecule has 0 saturated carbocycles. The average Bonchev–Trinajstić information content (AvgIpc) is 1.91. The first-order chi connectivity index (χ1) is 39.1. The van der Waals surface area contributed by atoms with Gasteiger partial charge in [0.1, 0.15) is 27.9 Å². The zero-order chi connectivity index (χ0) is 61.7. The first-order valence-electron chi connectivity index (χ1n) is 27.6. The third kappa shape index (κ3) is 23.2. The smallest absolute Gasteiger partial charge is 0.744 e. The Kier molecular flexibility index (Phi) is 31.9. The number of amides is 2. The van der Waals surface area contributed by atoms with Gasteiger partial charge in [0.25, 0.3) is 11.9 Å². The molecule has 0 spiro atoms. The Labute approximate surface area is 520 Å². The molecule has 478 valence electrons. The molecule has 2 amide bonds. The number of carboxylic acids is 6. The number of hydrogen-bond acceptors (Lipinski definition) is 17. The number of allylic oxidation sites excluding steroid dienone is 3. The molecule has 0 bridgehead atoms. The molecule has 2 aliphatic heterocycles. The standard InChI is InChI=1S/C57H79N5O19S2.2Ni/c1-56(2)41-33-38(82-81-77)23-25-43(41)61(30-13-5-7-20-48(63)58-28-11-9-16-40(54(73)74)37(32-51(67)68)22-27-50(65)66)46(56)18-15-19-47-57(3,4)42-34-39(83(78,79)80)24-26-44(42)62(47)31-14-6-8-21-49(64)59-29-12-10-17-45(55(75)76)60(35-52(69)70)36-53(71)72;;/h15,18-19,23-27,33-34,40,45,47,77H,5-14,16-17,20-22,28-32,35-36H2,1-4H3,(H,58,63)(H,59,64)(H,65,66)(H,67,68)(H,69,70)(H,71,72)(H,73,74)(H,75,76)(H,78,79,80);;/q-2;;+2/p-2/b19-15+,46-18+;;. The first kappa shape index (κ1) is 75.5. The minimum Gasteiger partial charge on any atom is -0.744 e. The van der Waals surface area contributed by atoms with E-state index in [1.165, 1.54) is 12.1 Å². The van der Waals surface area contributed by atoms with Crippen molar-refractivity contribution in [2.24, 2.45) is 5.92 Å². The maximum atomic E-state index is 12.8. The first-order valence-corrected chi connectivity index (χ1v) is 29.8. The molecular weight excluding hydrogens is 1240 g/mol. The van der Waals surface area contributed by atoms with E-state index in [1.807, 2.05) is 38.1 Å². The monoisotopic (exact) mass is 1320 g/mol. The number of fused-ring (bicyclic) bond motifs is 2. The van der Waals surface area contributed by atoms with Crippen LogP contribution in [0.3, 0.4) is 0 Å². The number of rotatable bonds is 40. The molecule has 2 aromatic carbocycles. The van der Waals surface area contributed by atoms with E-state index < -0.39 is 88.2 Å². The van der Waals surface area contributed by atoms with Crippen LogP contribution in [0.4, 0.5) is 11.4 Å². The Balaban J connectivity index is 0.0000123.